The molecular weight excluding hydrogens is 219 g/mol. The topological polar surface area (TPSA) is 13.1 Å². The van der Waals surface area contributed by atoms with E-state index in [4.69, 9.17) is 4.42 Å². The summed E-state index contributed by atoms with van der Waals surface area (Å²) >= 11 is 0. The van der Waals surface area contributed by atoms with E-state index >= 15 is 0 Å². The van der Waals surface area contributed by atoms with E-state index in [0.717, 1.165) is 11.2 Å². The summed E-state index contributed by atoms with van der Waals surface area (Å²) in [6.07, 6.45) is 0. The molecule has 4 aromatic rings. The van der Waals surface area contributed by atoms with Gasteiger partial charge in [-0.1, -0.05) is 41.9 Å². The van der Waals surface area contributed by atoms with Crippen molar-refractivity contribution in [3.63, 3.8) is 0 Å². The Morgan fingerprint density at radius 3 is 2.28 bits per heavy atom. The van der Waals surface area contributed by atoms with Crippen LogP contribution in [-0.2, 0) is 0 Å². The summed E-state index contributed by atoms with van der Waals surface area (Å²) in [6.45, 7) is 0. The predicted molar refractivity (Wildman–Crippen MR) is 79.4 cm³/mol. The van der Waals surface area contributed by atoms with E-state index in [2.05, 4.69) is 62.4 Å². The maximum Gasteiger partial charge on any atom is 0.139 e. The quantitative estimate of drug-likeness (QED) is 0.423. The lowest BCUT2D eigenvalue weighted by Gasteiger charge is -1.96. The molecule has 84 valence electrons. The van der Waals surface area contributed by atoms with Gasteiger partial charge < -0.3 is 4.42 Å². The van der Waals surface area contributed by atoms with Crippen molar-refractivity contribution in [2.75, 3.05) is 0 Å². The molecule has 1 nitrogen and oxygen atoms in total. The zero-order valence-electron chi connectivity index (χ0n) is 10.1. The molecule has 0 saturated heterocycles. The normalized spacial score (nSPS) is 11.6. The molecule has 1 heterocycles. The van der Waals surface area contributed by atoms with Gasteiger partial charge in [0.1, 0.15) is 19.0 Å². The van der Waals surface area contributed by atoms with Crippen LogP contribution in [0.3, 0.4) is 0 Å². The highest BCUT2D eigenvalue weighted by molar-refractivity contribution is 6.33. The summed E-state index contributed by atoms with van der Waals surface area (Å²) in [6, 6.07) is 19.1. The first-order valence-corrected chi connectivity index (χ1v) is 6.13. The molecule has 4 rings (SSSR count). The fraction of sp³-hybridized carbons (Fsp3) is 0. The third-order valence-electron chi connectivity index (χ3n) is 3.50. The van der Waals surface area contributed by atoms with Crippen molar-refractivity contribution in [2.45, 2.75) is 0 Å². The second-order valence-corrected chi connectivity index (χ2v) is 4.80. The standard InChI is InChI=1S/C16H11BO/c17-12-5-6-13-14-7-10-3-1-2-4-11(10)8-15(14)18-16(13)9-12/h1-9H,17H2. The molecule has 0 aliphatic heterocycles. The summed E-state index contributed by atoms with van der Waals surface area (Å²) in [5, 5.41) is 4.87. The zero-order valence-corrected chi connectivity index (χ0v) is 10.1. The Morgan fingerprint density at radius 1 is 0.722 bits per heavy atom. The number of hydrogen-bond donors (Lipinski definition) is 0. The van der Waals surface area contributed by atoms with Gasteiger partial charge in [-0.05, 0) is 29.0 Å². The van der Waals surface area contributed by atoms with Crippen molar-refractivity contribution in [2.24, 2.45) is 0 Å². The van der Waals surface area contributed by atoms with Crippen molar-refractivity contribution in [1.29, 1.82) is 0 Å². The lowest BCUT2D eigenvalue weighted by atomic mass is 9.95. The number of benzene rings is 3. The Bertz CT molecular complexity index is 889. The molecule has 0 unspecified atom stereocenters. The average molecular weight is 230 g/mol. The molecule has 0 atom stereocenters. The van der Waals surface area contributed by atoms with Gasteiger partial charge in [-0.15, -0.1) is 0 Å². The zero-order chi connectivity index (χ0) is 12.1. The summed E-state index contributed by atoms with van der Waals surface area (Å²) in [7, 11) is 2.09. The monoisotopic (exact) mass is 230 g/mol. The second kappa shape index (κ2) is 3.39. The number of rotatable bonds is 0. The SMILES string of the molecule is Bc1ccc2c(c1)oc1cc3ccccc3cc12. The molecular formula is C16H11BO. The van der Waals surface area contributed by atoms with Gasteiger partial charge in [-0.2, -0.15) is 0 Å². The van der Waals surface area contributed by atoms with Gasteiger partial charge in [0.2, 0.25) is 0 Å². The molecule has 0 bridgehead atoms. The van der Waals surface area contributed by atoms with Crippen LogP contribution < -0.4 is 5.46 Å². The molecule has 0 spiro atoms. The number of fused-ring (bicyclic) bond motifs is 4. The first-order valence-electron chi connectivity index (χ1n) is 6.13. The smallest absolute Gasteiger partial charge is 0.139 e. The Kier molecular flexibility index (Phi) is 1.84. The fourth-order valence-electron chi connectivity index (χ4n) is 2.57. The maximum atomic E-state index is 5.94. The molecule has 0 N–H and O–H groups in total. The third-order valence-corrected chi connectivity index (χ3v) is 3.50. The molecule has 0 radical (unpaired) electrons. The molecule has 0 amide bonds. The minimum absolute atomic E-state index is 0.967. The molecule has 0 aliphatic rings. The van der Waals surface area contributed by atoms with E-state index < -0.39 is 0 Å². The van der Waals surface area contributed by atoms with Crippen LogP contribution in [0.4, 0.5) is 0 Å². The maximum absolute atomic E-state index is 5.94. The Balaban J connectivity index is 2.23. The summed E-state index contributed by atoms with van der Waals surface area (Å²) in [5.74, 6) is 0. The van der Waals surface area contributed by atoms with E-state index in [-0.39, 0.29) is 0 Å². The lowest BCUT2D eigenvalue weighted by Crippen LogP contribution is -1.98. The highest BCUT2D eigenvalue weighted by Crippen LogP contribution is 2.31. The van der Waals surface area contributed by atoms with Gasteiger partial charge in [0.25, 0.3) is 0 Å². The van der Waals surface area contributed by atoms with Crippen LogP contribution in [0.1, 0.15) is 0 Å². The summed E-state index contributed by atoms with van der Waals surface area (Å²) in [4.78, 5) is 0. The minimum atomic E-state index is 0.967. The van der Waals surface area contributed by atoms with E-state index in [1.807, 2.05) is 0 Å². The molecule has 2 heteroatoms. The van der Waals surface area contributed by atoms with Crippen LogP contribution in [0.15, 0.2) is 59.0 Å². The van der Waals surface area contributed by atoms with Gasteiger partial charge in [-0.25, -0.2) is 0 Å². The highest BCUT2D eigenvalue weighted by atomic mass is 16.3. The molecule has 0 fully saturated rings. The van der Waals surface area contributed by atoms with Crippen LogP contribution in [0.2, 0.25) is 0 Å². The molecule has 1 aromatic heterocycles. The first kappa shape index (κ1) is 9.78. The van der Waals surface area contributed by atoms with Crippen molar-refractivity contribution < 1.29 is 4.42 Å². The van der Waals surface area contributed by atoms with Crippen LogP contribution >= 0.6 is 0 Å². The van der Waals surface area contributed by atoms with Crippen molar-refractivity contribution in [3.05, 3.63) is 54.6 Å². The van der Waals surface area contributed by atoms with Crippen LogP contribution in [0.5, 0.6) is 0 Å². The molecule has 0 aliphatic carbocycles. The Labute approximate surface area is 105 Å². The number of furan rings is 1. The first-order chi connectivity index (χ1) is 8.81. The van der Waals surface area contributed by atoms with Gasteiger partial charge in [0, 0.05) is 10.8 Å². The average Bonchev–Trinajstić information content (AvgIpc) is 2.72. The van der Waals surface area contributed by atoms with Gasteiger partial charge in [0.05, 0.1) is 0 Å². The van der Waals surface area contributed by atoms with E-state index in [9.17, 15) is 0 Å². The molecule has 0 saturated carbocycles. The lowest BCUT2D eigenvalue weighted by molar-refractivity contribution is 0.670. The Morgan fingerprint density at radius 2 is 1.44 bits per heavy atom. The molecule has 3 aromatic carbocycles. The largest absolute Gasteiger partial charge is 0.456 e. The van der Waals surface area contributed by atoms with Crippen molar-refractivity contribution in [3.8, 4) is 0 Å². The second-order valence-electron chi connectivity index (χ2n) is 4.80. The van der Waals surface area contributed by atoms with Gasteiger partial charge in [0.15, 0.2) is 0 Å². The number of hydrogen-bond acceptors (Lipinski definition) is 1. The molecule has 18 heavy (non-hydrogen) atoms. The Hall–Kier alpha value is -2.22. The minimum Gasteiger partial charge on any atom is -0.456 e. The van der Waals surface area contributed by atoms with Crippen molar-refractivity contribution >= 4 is 46.0 Å². The van der Waals surface area contributed by atoms with E-state index in [0.29, 0.717) is 0 Å². The third kappa shape index (κ3) is 1.29. The van der Waals surface area contributed by atoms with Gasteiger partial charge in [-0.3, -0.25) is 0 Å². The highest BCUT2D eigenvalue weighted by Gasteiger charge is 2.07. The fourth-order valence-corrected chi connectivity index (χ4v) is 2.57. The van der Waals surface area contributed by atoms with Crippen LogP contribution in [0.25, 0.3) is 32.7 Å². The van der Waals surface area contributed by atoms with Crippen LogP contribution in [-0.4, -0.2) is 7.85 Å². The van der Waals surface area contributed by atoms with Crippen molar-refractivity contribution in [1.82, 2.24) is 0 Å². The van der Waals surface area contributed by atoms with Gasteiger partial charge >= 0.3 is 0 Å². The summed E-state index contributed by atoms with van der Waals surface area (Å²) in [5.41, 5.74) is 3.17. The predicted octanol–water partition coefficient (Wildman–Crippen LogP) is 3.00. The van der Waals surface area contributed by atoms with E-state index in [1.165, 1.54) is 27.0 Å². The van der Waals surface area contributed by atoms with E-state index in [1.54, 1.807) is 0 Å². The van der Waals surface area contributed by atoms with Crippen LogP contribution in [0, 0.1) is 0 Å². The summed E-state index contributed by atoms with van der Waals surface area (Å²) < 4.78 is 5.94.